The van der Waals surface area contributed by atoms with E-state index in [1.165, 1.54) is 7.11 Å². The van der Waals surface area contributed by atoms with E-state index in [1.54, 1.807) is 12.2 Å². The Hall–Kier alpha value is -1.65. The predicted octanol–water partition coefficient (Wildman–Crippen LogP) is 4.19. The summed E-state index contributed by atoms with van der Waals surface area (Å²) in [5.41, 5.74) is -0.399. The van der Waals surface area contributed by atoms with Crippen LogP contribution in [0.4, 0.5) is 0 Å². The van der Waals surface area contributed by atoms with Crippen molar-refractivity contribution in [2.24, 2.45) is 16.1 Å². The van der Waals surface area contributed by atoms with Crippen molar-refractivity contribution in [1.82, 2.24) is 0 Å². The van der Waals surface area contributed by atoms with E-state index in [0.29, 0.717) is 22.4 Å². The molecule has 1 aliphatic carbocycles. The van der Waals surface area contributed by atoms with E-state index in [4.69, 9.17) is 0 Å². The molecule has 0 bridgehead atoms. The lowest BCUT2D eigenvalue weighted by Gasteiger charge is -2.35. The van der Waals surface area contributed by atoms with Gasteiger partial charge in [0.1, 0.15) is 7.11 Å². The lowest BCUT2D eigenvalue weighted by atomic mass is 9.68. The Bertz CT molecular complexity index is 509. The van der Waals surface area contributed by atoms with Crippen LogP contribution in [0.3, 0.4) is 0 Å². The van der Waals surface area contributed by atoms with Gasteiger partial charge >= 0.3 is 0 Å². The first-order chi connectivity index (χ1) is 9.89. The molecule has 0 fully saturated rings. The maximum absolute atomic E-state index is 12.9. The summed E-state index contributed by atoms with van der Waals surface area (Å²) in [6.07, 6.45) is 4.00. The van der Waals surface area contributed by atoms with Gasteiger partial charge < -0.3 is 10.0 Å². The second-order valence-electron chi connectivity index (χ2n) is 7.83. The molecule has 0 radical (unpaired) electrons. The van der Waals surface area contributed by atoms with Gasteiger partial charge in [0, 0.05) is 29.7 Å². The number of nitrogens with zero attached hydrogens (tertiary/aromatic N) is 2. The summed E-state index contributed by atoms with van der Waals surface area (Å²) < 4.78 is 0. The maximum atomic E-state index is 12.9. The molecule has 1 rings (SSSR count). The minimum Gasteiger partial charge on any atom is -0.596 e. The molecule has 0 unspecified atom stereocenters. The minimum absolute atomic E-state index is 0.00916. The highest BCUT2D eigenvalue weighted by Crippen LogP contribution is 2.42. The molecule has 0 aromatic heterocycles. The zero-order chi connectivity index (χ0) is 17.3. The normalized spacial score (nSPS) is 19.6. The molecular formula is C17H28N2O3. The van der Waals surface area contributed by atoms with Gasteiger partial charge in [-0.2, -0.15) is 0 Å². The molecule has 0 saturated heterocycles. The fourth-order valence-corrected chi connectivity index (χ4v) is 2.53. The van der Waals surface area contributed by atoms with Gasteiger partial charge in [0.25, 0.3) is 0 Å². The number of carbonyl (C=O) groups excluding carboxylic acids is 1. The first kappa shape index (κ1) is 18.4. The zero-order valence-corrected chi connectivity index (χ0v) is 15.0. The molecule has 0 heterocycles. The second kappa shape index (κ2) is 5.86. The van der Waals surface area contributed by atoms with Crippen LogP contribution in [-0.4, -0.2) is 23.3 Å². The monoisotopic (exact) mass is 308 g/mol. The Labute approximate surface area is 133 Å². The van der Waals surface area contributed by atoms with Crippen LogP contribution >= 0.6 is 0 Å². The van der Waals surface area contributed by atoms with Crippen molar-refractivity contribution in [3.8, 4) is 0 Å². The average molecular weight is 308 g/mol. The van der Waals surface area contributed by atoms with Gasteiger partial charge in [0.05, 0.1) is 0 Å². The quantitative estimate of drug-likeness (QED) is 0.446. The lowest BCUT2D eigenvalue weighted by Crippen LogP contribution is -2.42. The van der Waals surface area contributed by atoms with Crippen molar-refractivity contribution >= 4 is 5.78 Å². The molecule has 0 aromatic rings. The summed E-state index contributed by atoms with van der Waals surface area (Å²) in [7, 11) is 1.34. The summed E-state index contributed by atoms with van der Waals surface area (Å²) in [4.78, 5) is 18.1. The standard InChI is InChI=1S/C17H28N2O3/c1-9-17(19(21)18-22-8)10-12(15(2,3)4)14(20)13(11-17)16(5,6)7/h10-11H,9H2,1-8H3/b19-18-. The number of carbonyl (C=O) groups is 1. The summed E-state index contributed by atoms with van der Waals surface area (Å²) >= 11 is 0. The van der Waals surface area contributed by atoms with Crippen LogP contribution in [0.1, 0.15) is 54.9 Å². The van der Waals surface area contributed by atoms with Crippen LogP contribution in [0.15, 0.2) is 28.6 Å². The third-order valence-electron chi connectivity index (χ3n) is 3.97. The molecule has 22 heavy (non-hydrogen) atoms. The van der Waals surface area contributed by atoms with Gasteiger partial charge in [0.15, 0.2) is 5.78 Å². The van der Waals surface area contributed by atoms with Crippen molar-refractivity contribution in [3.63, 3.8) is 0 Å². The fraction of sp³-hybridized carbons (Fsp3) is 0.706. The van der Waals surface area contributed by atoms with Gasteiger partial charge in [-0.3, -0.25) is 4.79 Å². The predicted molar refractivity (Wildman–Crippen MR) is 86.2 cm³/mol. The van der Waals surface area contributed by atoms with Gasteiger partial charge in [-0.1, -0.05) is 48.5 Å². The SMILES string of the molecule is CCC1(/[N+]([O-])=N/OC)C=C(C(C)(C)C)C(=O)C(C(C)(C)C)=C1. The van der Waals surface area contributed by atoms with E-state index in [0.717, 1.165) is 0 Å². The van der Waals surface area contributed by atoms with E-state index in [-0.39, 0.29) is 16.6 Å². The number of ketones is 1. The van der Waals surface area contributed by atoms with E-state index in [2.05, 4.69) is 10.1 Å². The van der Waals surface area contributed by atoms with Crippen molar-refractivity contribution < 1.29 is 14.5 Å². The highest BCUT2D eigenvalue weighted by molar-refractivity contribution is 6.11. The highest BCUT2D eigenvalue weighted by atomic mass is 16.7. The Morgan fingerprint density at radius 1 is 1.14 bits per heavy atom. The summed E-state index contributed by atoms with van der Waals surface area (Å²) in [5.74, 6) is 0.00916. The molecule has 5 heteroatoms. The Balaban J connectivity index is 3.66. The molecule has 0 amide bonds. The third kappa shape index (κ3) is 3.39. The van der Waals surface area contributed by atoms with Crippen molar-refractivity contribution in [2.75, 3.05) is 7.11 Å². The molecule has 0 saturated carbocycles. The molecule has 0 atom stereocenters. The number of hydrogen-bond acceptors (Lipinski definition) is 4. The highest BCUT2D eigenvalue weighted by Gasteiger charge is 2.46. The minimum atomic E-state index is -0.991. The number of hydroxylamine groups is 1. The molecule has 124 valence electrons. The fourth-order valence-electron chi connectivity index (χ4n) is 2.53. The van der Waals surface area contributed by atoms with Crippen LogP contribution in [-0.2, 0) is 9.63 Å². The van der Waals surface area contributed by atoms with Crippen LogP contribution in [0.2, 0.25) is 0 Å². The summed E-state index contributed by atoms with van der Waals surface area (Å²) in [5, 5.41) is 16.0. The Morgan fingerprint density at radius 3 is 1.82 bits per heavy atom. The van der Waals surface area contributed by atoms with Crippen LogP contribution in [0.5, 0.6) is 0 Å². The maximum Gasteiger partial charge on any atom is 0.240 e. The third-order valence-corrected chi connectivity index (χ3v) is 3.97. The topological polar surface area (TPSA) is 64.7 Å². The first-order valence-corrected chi connectivity index (χ1v) is 7.62. The number of allylic oxidation sites excluding steroid dienone is 2. The van der Waals surface area contributed by atoms with E-state index in [9.17, 15) is 10.0 Å². The van der Waals surface area contributed by atoms with E-state index < -0.39 is 5.54 Å². The van der Waals surface area contributed by atoms with Gasteiger partial charge in [-0.05, 0) is 15.7 Å². The van der Waals surface area contributed by atoms with E-state index >= 15 is 0 Å². The van der Waals surface area contributed by atoms with Crippen molar-refractivity contribution in [1.29, 1.82) is 0 Å². The number of Topliss-reactive ketones (excluding diaryl/α,β-unsaturated/α-hetero) is 1. The zero-order valence-electron chi connectivity index (χ0n) is 15.0. The van der Waals surface area contributed by atoms with E-state index in [1.807, 2.05) is 48.5 Å². The molecule has 0 aliphatic heterocycles. The summed E-state index contributed by atoms with van der Waals surface area (Å²) in [6.45, 7) is 13.8. The number of rotatable bonds is 3. The molecule has 0 spiro atoms. The van der Waals surface area contributed by atoms with Crippen LogP contribution in [0, 0.1) is 16.0 Å². The Morgan fingerprint density at radius 2 is 1.55 bits per heavy atom. The molecule has 0 aromatic carbocycles. The first-order valence-electron chi connectivity index (χ1n) is 7.62. The molecule has 0 N–H and O–H groups in total. The largest absolute Gasteiger partial charge is 0.596 e. The van der Waals surface area contributed by atoms with Crippen molar-refractivity contribution in [3.05, 3.63) is 28.5 Å². The van der Waals surface area contributed by atoms with Crippen LogP contribution in [0.25, 0.3) is 0 Å². The average Bonchev–Trinajstić information content (AvgIpc) is 2.37. The lowest BCUT2D eigenvalue weighted by molar-refractivity contribution is -0.609. The number of hydrogen-bond donors (Lipinski definition) is 0. The second-order valence-corrected chi connectivity index (χ2v) is 7.83. The smallest absolute Gasteiger partial charge is 0.240 e. The van der Waals surface area contributed by atoms with Crippen LogP contribution < -0.4 is 0 Å². The van der Waals surface area contributed by atoms with Gasteiger partial charge in [-0.25, -0.2) is 0 Å². The molecule has 5 nitrogen and oxygen atoms in total. The Kier molecular flexibility index (Phi) is 4.90. The molecule has 1 aliphatic rings. The molecular weight excluding hydrogens is 280 g/mol. The van der Waals surface area contributed by atoms with Gasteiger partial charge in [0.2, 0.25) is 10.8 Å². The van der Waals surface area contributed by atoms with Crippen molar-refractivity contribution in [2.45, 2.75) is 60.4 Å². The van der Waals surface area contributed by atoms with Gasteiger partial charge in [-0.15, -0.1) is 0 Å². The summed E-state index contributed by atoms with van der Waals surface area (Å²) in [6, 6.07) is 0.